The standard InChI is InChI=1S/C21H52O3Si4/c1-16-20(5,28(14,15)23-19(4)26(8,9)10)18(3)22-25(7)21(6,17-2)24-27(11,12)13/h18-19,25H,16-17H2,1-15H3. The van der Waals surface area contributed by atoms with E-state index in [1.54, 1.807) is 0 Å². The zero-order valence-electron chi connectivity index (χ0n) is 21.9. The Balaban J connectivity index is 5.56. The van der Waals surface area contributed by atoms with Gasteiger partial charge in [0.2, 0.25) is 9.04 Å². The molecule has 0 fully saturated rings. The van der Waals surface area contributed by atoms with Crippen LogP contribution in [-0.2, 0) is 13.3 Å². The first-order chi connectivity index (χ1) is 12.3. The summed E-state index contributed by atoms with van der Waals surface area (Å²) in [6.45, 7) is 35.0. The summed E-state index contributed by atoms with van der Waals surface area (Å²) in [7, 11) is -6.48. The molecule has 7 heteroatoms. The SMILES string of the molecule is CCC(C)(O[Si](C)(C)C)[SiH](C)OC(C)C(C)(CC)[Si](C)(C)OC(C)[Si](C)(C)C. The first-order valence-electron chi connectivity index (χ1n) is 11.3. The molecule has 0 heterocycles. The molecule has 0 radical (unpaired) electrons. The Bertz CT molecular complexity index is 487. The molecule has 0 aliphatic rings. The first-order valence-corrected chi connectivity index (χ1v) is 23.4. The maximum Gasteiger partial charge on any atom is 0.204 e. The fraction of sp³-hybridized carbons (Fsp3) is 1.00. The van der Waals surface area contributed by atoms with Crippen molar-refractivity contribution in [3.63, 3.8) is 0 Å². The van der Waals surface area contributed by atoms with Crippen LogP contribution in [0.2, 0.25) is 64.0 Å². The predicted octanol–water partition coefficient (Wildman–Crippen LogP) is 6.96. The van der Waals surface area contributed by atoms with Gasteiger partial charge < -0.3 is 13.3 Å². The van der Waals surface area contributed by atoms with E-state index in [0.29, 0.717) is 5.73 Å². The van der Waals surface area contributed by atoms with Crippen LogP contribution in [-0.4, -0.2) is 50.8 Å². The molecule has 0 rings (SSSR count). The van der Waals surface area contributed by atoms with Gasteiger partial charge in [-0.3, -0.25) is 0 Å². The largest absolute Gasteiger partial charge is 0.417 e. The van der Waals surface area contributed by atoms with E-state index in [-0.39, 0.29) is 16.4 Å². The maximum absolute atomic E-state index is 6.87. The van der Waals surface area contributed by atoms with Crippen LogP contribution in [0.1, 0.15) is 54.4 Å². The van der Waals surface area contributed by atoms with Crippen LogP contribution in [0.5, 0.6) is 0 Å². The lowest BCUT2D eigenvalue weighted by Gasteiger charge is -2.50. The van der Waals surface area contributed by atoms with Crippen LogP contribution in [0, 0.1) is 0 Å². The number of hydrogen-bond acceptors (Lipinski definition) is 3. The van der Waals surface area contributed by atoms with Crippen molar-refractivity contribution >= 4 is 33.7 Å². The van der Waals surface area contributed by atoms with E-state index < -0.39 is 33.7 Å². The third-order valence-corrected chi connectivity index (χ3v) is 18.8. The molecular formula is C21H52O3Si4. The van der Waals surface area contributed by atoms with E-state index in [1.165, 1.54) is 0 Å². The quantitative estimate of drug-likeness (QED) is 0.292. The second kappa shape index (κ2) is 9.91. The number of rotatable bonds is 12. The first kappa shape index (κ1) is 28.7. The van der Waals surface area contributed by atoms with Crippen molar-refractivity contribution < 1.29 is 13.3 Å². The third kappa shape index (κ3) is 7.46. The summed E-state index contributed by atoms with van der Waals surface area (Å²) in [5.74, 6) is 0. The third-order valence-electron chi connectivity index (χ3n) is 7.21. The molecule has 0 aromatic heterocycles. The lowest BCUT2D eigenvalue weighted by atomic mass is 10.0. The Morgan fingerprint density at radius 1 is 0.857 bits per heavy atom. The van der Waals surface area contributed by atoms with E-state index >= 15 is 0 Å². The minimum Gasteiger partial charge on any atom is -0.417 e. The van der Waals surface area contributed by atoms with Gasteiger partial charge in [-0.15, -0.1) is 0 Å². The topological polar surface area (TPSA) is 27.7 Å². The molecule has 3 nitrogen and oxygen atoms in total. The molecule has 0 bridgehead atoms. The average Bonchev–Trinajstić information content (AvgIpc) is 2.50. The van der Waals surface area contributed by atoms with Gasteiger partial charge in [0, 0.05) is 16.9 Å². The Morgan fingerprint density at radius 2 is 1.32 bits per heavy atom. The molecule has 5 unspecified atom stereocenters. The summed E-state index contributed by atoms with van der Waals surface area (Å²) < 4.78 is 20.4. The fourth-order valence-electron chi connectivity index (χ4n) is 3.70. The Hall–Kier alpha value is 0.748. The molecule has 0 saturated carbocycles. The molecule has 0 spiro atoms. The molecule has 0 aliphatic carbocycles. The van der Waals surface area contributed by atoms with Gasteiger partial charge in [0.05, 0.1) is 13.3 Å². The van der Waals surface area contributed by atoms with Crippen molar-refractivity contribution in [2.24, 2.45) is 0 Å². The van der Waals surface area contributed by atoms with Crippen molar-refractivity contribution in [1.82, 2.24) is 0 Å². The van der Waals surface area contributed by atoms with Gasteiger partial charge in [-0.2, -0.15) is 0 Å². The van der Waals surface area contributed by atoms with Gasteiger partial charge in [-0.1, -0.05) is 40.4 Å². The van der Waals surface area contributed by atoms with Crippen molar-refractivity contribution in [3.05, 3.63) is 0 Å². The van der Waals surface area contributed by atoms with Crippen LogP contribution in [0.25, 0.3) is 0 Å². The summed E-state index contributed by atoms with van der Waals surface area (Å²) in [4.78, 5) is 0. The van der Waals surface area contributed by atoms with Crippen molar-refractivity contribution in [2.75, 3.05) is 0 Å². The van der Waals surface area contributed by atoms with E-state index in [1.807, 2.05) is 0 Å². The highest BCUT2D eigenvalue weighted by Gasteiger charge is 2.51. The lowest BCUT2D eigenvalue weighted by Crippen LogP contribution is -2.57. The van der Waals surface area contributed by atoms with Gasteiger partial charge in [-0.25, -0.2) is 0 Å². The highest BCUT2D eigenvalue weighted by Crippen LogP contribution is 2.47. The molecule has 0 amide bonds. The van der Waals surface area contributed by atoms with Crippen LogP contribution < -0.4 is 0 Å². The molecule has 0 aliphatic heterocycles. The Labute approximate surface area is 182 Å². The minimum atomic E-state index is -1.98. The van der Waals surface area contributed by atoms with E-state index in [0.717, 1.165) is 12.8 Å². The monoisotopic (exact) mass is 464 g/mol. The van der Waals surface area contributed by atoms with Crippen LogP contribution in [0.3, 0.4) is 0 Å². The van der Waals surface area contributed by atoms with Gasteiger partial charge in [0.1, 0.15) is 0 Å². The van der Waals surface area contributed by atoms with Crippen molar-refractivity contribution in [3.8, 4) is 0 Å². The zero-order chi connectivity index (χ0) is 22.8. The van der Waals surface area contributed by atoms with E-state index in [9.17, 15) is 0 Å². The van der Waals surface area contributed by atoms with Crippen LogP contribution >= 0.6 is 0 Å². The normalized spacial score (nSPS) is 21.5. The van der Waals surface area contributed by atoms with Gasteiger partial charge >= 0.3 is 0 Å². The molecule has 0 N–H and O–H groups in total. The molecule has 0 aromatic rings. The molecule has 0 saturated heterocycles. The predicted molar refractivity (Wildman–Crippen MR) is 137 cm³/mol. The molecule has 28 heavy (non-hydrogen) atoms. The number of hydrogen-bond donors (Lipinski definition) is 0. The highest BCUT2D eigenvalue weighted by molar-refractivity contribution is 6.80. The molecular weight excluding hydrogens is 413 g/mol. The van der Waals surface area contributed by atoms with Gasteiger partial charge in [0.25, 0.3) is 0 Å². The highest BCUT2D eigenvalue weighted by atomic mass is 28.4. The second-order valence-corrected chi connectivity index (χ2v) is 28.9. The van der Waals surface area contributed by atoms with Gasteiger partial charge in [0.15, 0.2) is 16.6 Å². The molecule has 5 atom stereocenters. The van der Waals surface area contributed by atoms with E-state index in [2.05, 4.69) is 100 Å². The molecule has 170 valence electrons. The molecule has 0 aromatic carbocycles. The summed E-state index contributed by atoms with van der Waals surface area (Å²) in [5, 5.41) is -0.0263. The average molecular weight is 465 g/mol. The summed E-state index contributed by atoms with van der Waals surface area (Å²) in [6.07, 6.45) is 2.29. The lowest BCUT2D eigenvalue weighted by molar-refractivity contribution is 0.0868. The fourth-order valence-corrected chi connectivity index (χ4v) is 14.2. The van der Waals surface area contributed by atoms with Crippen molar-refractivity contribution in [2.45, 2.75) is 135 Å². The smallest absolute Gasteiger partial charge is 0.204 e. The van der Waals surface area contributed by atoms with E-state index in [4.69, 9.17) is 13.3 Å². The van der Waals surface area contributed by atoms with Gasteiger partial charge in [-0.05, 0) is 72.9 Å². The van der Waals surface area contributed by atoms with Crippen LogP contribution in [0.4, 0.5) is 0 Å². The van der Waals surface area contributed by atoms with Crippen molar-refractivity contribution in [1.29, 1.82) is 0 Å². The summed E-state index contributed by atoms with van der Waals surface area (Å²) >= 11 is 0. The Morgan fingerprint density at radius 3 is 1.64 bits per heavy atom. The second-order valence-electron chi connectivity index (χ2n) is 11.7. The summed E-state index contributed by atoms with van der Waals surface area (Å²) in [6, 6.07) is 0. The Kier molecular flexibility index (Phi) is 10.2. The minimum absolute atomic E-state index is 0.0793. The summed E-state index contributed by atoms with van der Waals surface area (Å²) in [5.41, 5.74) is 0.373. The van der Waals surface area contributed by atoms with Crippen LogP contribution in [0.15, 0.2) is 0 Å². The zero-order valence-corrected chi connectivity index (χ0v) is 26.0. The maximum atomic E-state index is 6.87.